The van der Waals surface area contributed by atoms with Crippen LogP contribution < -0.4 is 37.5 Å². The Bertz CT molecular complexity index is 2640. The van der Waals surface area contributed by atoms with Gasteiger partial charge in [0.25, 0.3) is 17.7 Å². The van der Waals surface area contributed by atoms with E-state index in [0.717, 1.165) is 106 Å². The Morgan fingerprint density at radius 1 is 0.681 bits per heavy atom. The number of hydrazone groups is 1. The molecule has 3 amide bonds. The average molecular weight is 927 g/mol. The highest BCUT2D eigenvalue weighted by Gasteiger charge is 2.39. The van der Waals surface area contributed by atoms with Gasteiger partial charge < -0.3 is 5.32 Å². The molecule has 7 N–H and O–H groups in total. The van der Waals surface area contributed by atoms with Crippen LogP contribution in [0.5, 0.6) is 0 Å². The van der Waals surface area contributed by atoms with Crippen LogP contribution in [0.15, 0.2) is 125 Å². The molecule has 7 unspecified atom stereocenters. The van der Waals surface area contributed by atoms with Crippen molar-refractivity contribution in [3.8, 4) is 0 Å². The molecule has 3 heterocycles. The van der Waals surface area contributed by atoms with Gasteiger partial charge in [-0.15, -0.1) is 10.2 Å². The second-order valence-corrected chi connectivity index (χ2v) is 19.1. The summed E-state index contributed by atoms with van der Waals surface area (Å²) in [5.41, 5.74) is 14.5. The van der Waals surface area contributed by atoms with Crippen molar-refractivity contribution in [1.82, 2.24) is 47.4 Å². The number of allylic oxidation sites excluding steroid dienone is 10. The molecule has 2 aromatic carbocycles. The molecule has 3 aromatic rings. The third kappa shape index (κ3) is 10.8. The van der Waals surface area contributed by atoms with Crippen LogP contribution in [0, 0.1) is 17.8 Å². The van der Waals surface area contributed by atoms with Gasteiger partial charge in [-0.1, -0.05) is 116 Å². The van der Waals surface area contributed by atoms with Crippen LogP contribution >= 0.6 is 0 Å². The predicted molar refractivity (Wildman–Crippen MR) is 269 cm³/mol. The van der Waals surface area contributed by atoms with E-state index in [9.17, 15) is 14.4 Å². The van der Waals surface area contributed by atoms with Crippen LogP contribution in [0.25, 0.3) is 5.57 Å². The minimum absolute atomic E-state index is 0.0163. The summed E-state index contributed by atoms with van der Waals surface area (Å²) in [5, 5.41) is 26.4. The molecule has 7 aliphatic rings. The number of benzene rings is 2. The van der Waals surface area contributed by atoms with Gasteiger partial charge in [0, 0.05) is 23.6 Å². The average Bonchev–Trinajstić information content (AvgIpc) is 3.42. The molecule has 356 valence electrons. The lowest BCUT2D eigenvalue weighted by molar-refractivity contribution is 0.0822. The smallest absolute Gasteiger partial charge is 0.258 e. The maximum absolute atomic E-state index is 14.7. The van der Waals surface area contributed by atoms with Crippen molar-refractivity contribution in [3.63, 3.8) is 0 Å². The normalized spacial score (nSPS) is 26.8. The monoisotopic (exact) mass is 927 g/mol. The number of hydrogen-bond donors (Lipinski definition) is 7. The third-order valence-corrected chi connectivity index (χ3v) is 14.6. The minimum Gasteiger partial charge on any atom is -0.323 e. The highest BCUT2D eigenvalue weighted by atomic mass is 16.2. The predicted octanol–water partition coefficient (Wildman–Crippen LogP) is 7.66. The Hall–Kier alpha value is -6.68. The van der Waals surface area contributed by atoms with Crippen molar-refractivity contribution < 1.29 is 14.4 Å². The number of rotatable bonds is 11. The van der Waals surface area contributed by atoms with Gasteiger partial charge in [-0.2, -0.15) is 5.10 Å². The van der Waals surface area contributed by atoms with Crippen LogP contribution in [0.4, 0.5) is 5.95 Å². The first kappa shape index (κ1) is 46.1. The molecule has 7 atom stereocenters. The first-order valence-corrected chi connectivity index (χ1v) is 25.0. The maximum atomic E-state index is 14.7. The fourth-order valence-corrected chi connectivity index (χ4v) is 10.9. The lowest BCUT2D eigenvalue weighted by Crippen LogP contribution is -2.74. The van der Waals surface area contributed by atoms with E-state index in [2.05, 4.69) is 109 Å². The van der Waals surface area contributed by atoms with Gasteiger partial charge >= 0.3 is 0 Å². The third-order valence-electron chi connectivity index (χ3n) is 14.6. The van der Waals surface area contributed by atoms with E-state index in [1.807, 2.05) is 30.3 Å². The quantitative estimate of drug-likeness (QED) is 0.0938. The van der Waals surface area contributed by atoms with E-state index in [-0.39, 0.29) is 70.4 Å². The molecule has 1 aromatic heterocycles. The molecule has 2 fully saturated rings. The van der Waals surface area contributed by atoms with Gasteiger partial charge in [-0.25, -0.2) is 26.3 Å². The molecule has 5 aliphatic carbocycles. The molecular formula is C54H62N12O3. The number of nitrogens with zero attached hydrogens (tertiary/aromatic N) is 5. The number of nitrogens with one attached hydrogen (secondary N) is 7. The topological polar surface area (TPSA) is 199 Å². The number of aliphatic imine (C=N–C) groups is 1. The number of aromatic nitrogens is 3. The molecule has 15 nitrogen and oxygen atoms in total. The summed E-state index contributed by atoms with van der Waals surface area (Å²) in [6.07, 6.45) is 37.0. The van der Waals surface area contributed by atoms with Crippen molar-refractivity contribution in [3.05, 3.63) is 149 Å². The molecule has 10 rings (SSSR count). The summed E-state index contributed by atoms with van der Waals surface area (Å²) in [4.78, 5) is 53.4. The fraction of sp³-hybridized carbons (Fsp3) is 0.407. The van der Waals surface area contributed by atoms with Crippen LogP contribution in [-0.2, 0) is 0 Å². The second kappa shape index (κ2) is 21.7. The zero-order valence-corrected chi connectivity index (χ0v) is 38.9. The molecule has 69 heavy (non-hydrogen) atoms. The van der Waals surface area contributed by atoms with E-state index in [0.29, 0.717) is 0 Å². The molecule has 15 heteroatoms. The summed E-state index contributed by atoms with van der Waals surface area (Å²) in [7, 11) is 0. The van der Waals surface area contributed by atoms with E-state index in [1.54, 1.807) is 6.07 Å². The van der Waals surface area contributed by atoms with Crippen molar-refractivity contribution in [1.29, 1.82) is 0 Å². The largest absolute Gasteiger partial charge is 0.323 e. The Morgan fingerprint density at radius 2 is 1.48 bits per heavy atom. The summed E-state index contributed by atoms with van der Waals surface area (Å²) in [5.74, 6) is -0.677. The molecule has 2 aliphatic heterocycles. The van der Waals surface area contributed by atoms with E-state index >= 15 is 0 Å². The van der Waals surface area contributed by atoms with Crippen molar-refractivity contribution >= 4 is 40.9 Å². The zero-order chi connectivity index (χ0) is 46.9. The van der Waals surface area contributed by atoms with Crippen molar-refractivity contribution in [2.75, 3.05) is 5.32 Å². The van der Waals surface area contributed by atoms with Crippen molar-refractivity contribution in [2.45, 2.75) is 120 Å². The van der Waals surface area contributed by atoms with Gasteiger partial charge in [-0.3, -0.25) is 30.3 Å². The lowest BCUT2D eigenvalue weighted by atomic mass is 9.80. The molecular weight excluding hydrogens is 865 g/mol. The molecule has 1 saturated carbocycles. The van der Waals surface area contributed by atoms with Gasteiger partial charge in [-0.05, 0) is 118 Å². The van der Waals surface area contributed by atoms with E-state index < -0.39 is 24.0 Å². The van der Waals surface area contributed by atoms with E-state index in [1.165, 1.54) is 24.1 Å². The number of hydrazine groups is 1. The number of carbonyl (C=O) groups excluding carboxylic acids is 3. The van der Waals surface area contributed by atoms with Gasteiger partial charge in [0.05, 0.1) is 22.5 Å². The number of amides is 3. The fourth-order valence-electron chi connectivity index (χ4n) is 10.9. The first-order valence-electron chi connectivity index (χ1n) is 25.0. The Balaban J connectivity index is 0.933. The van der Waals surface area contributed by atoms with E-state index in [4.69, 9.17) is 20.2 Å². The Morgan fingerprint density at radius 3 is 2.22 bits per heavy atom. The number of hydrogen-bond acceptors (Lipinski definition) is 12. The number of carbonyl (C=O) groups is 3. The maximum Gasteiger partial charge on any atom is 0.258 e. The molecule has 1 saturated heterocycles. The summed E-state index contributed by atoms with van der Waals surface area (Å²) in [6, 6.07) is 14.1. The molecule has 0 spiro atoms. The van der Waals surface area contributed by atoms with Gasteiger partial charge in [0.15, 0.2) is 0 Å². The minimum atomic E-state index is -0.652. The Labute approximate surface area is 403 Å². The first-order chi connectivity index (χ1) is 33.9. The summed E-state index contributed by atoms with van der Waals surface area (Å²) < 4.78 is 0. The molecule has 0 radical (unpaired) electrons. The highest BCUT2D eigenvalue weighted by molar-refractivity contribution is 6.17. The molecule has 0 bridgehead atoms. The zero-order valence-electron chi connectivity index (χ0n) is 38.9. The van der Waals surface area contributed by atoms with Gasteiger partial charge in [0.2, 0.25) is 11.9 Å². The summed E-state index contributed by atoms with van der Waals surface area (Å²) >= 11 is 0. The van der Waals surface area contributed by atoms with Crippen LogP contribution in [0.1, 0.15) is 144 Å². The SMILES string of the molecule is O=C(NC1NNC(C2C=CC=CC2)C(C2C=CC=CC2)N1)c1ccc(C(=O)Nc2nnc(C3=CCCCC3)c(C3CCCCC3)n2)c(C(=O)NC2=NC(C3CC=CCC3)C(c3ccccc3)=NN2)c1. The van der Waals surface area contributed by atoms with Crippen molar-refractivity contribution in [2.24, 2.45) is 27.8 Å². The number of anilines is 1. The number of guanidine groups is 1. The van der Waals surface area contributed by atoms with Crippen LogP contribution in [0.3, 0.4) is 0 Å². The highest BCUT2D eigenvalue weighted by Crippen LogP contribution is 2.37. The summed E-state index contributed by atoms with van der Waals surface area (Å²) in [6.45, 7) is 0. The van der Waals surface area contributed by atoms with Crippen LogP contribution in [-0.4, -0.2) is 69.0 Å². The Kier molecular flexibility index (Phi) is 14.5. The van der Waals surface area contributed by atoms with Crippen LogP contribution in [0.2, 0.25) is 0 Å². The van der Waals surface area contributed by atoms with Gasteiger partial charge in [0.1, 0.15) is 18.0 Å². The second-order valence-electron chi connectivity index (χ2n) is 19.1. The standard InChI is InChI=1S/C54H62N12O3/c67-49(58-52-55-43(34-19-7-1-8-20-34)46(61-64-52)37-25-13-4-14-26-37)40-31-32-41(50(68)59-53-56-44(35-21-9-2-10-22-35)47(62-65-53)38-27-15-5-16-28-38)42(33-40)51(69)60-54-57-45(36-23-11-3-12-24-36)48(63-66-54)39-29-17-6-18-30-39/h1,3-4,6-8,11,13-14,17-19,25,27,29-37,43,45-46,52,55,61,64H,2,5,9-10,12,15-16,20-24,26,28H2,(H,58,67)(H,56,59,65,68)(H2,57,60,66,69). The lowest BCUT2D eigenvalue weighted by Gasteiger charge is -2.45.